The zero-order valence-electron chi connectivity index (χ0n) is 15.6. The van der Waals surface area contributed by atoms with Gasteiger partial charge in [0.05, 0.1) is 17.9 Å². The molecule has 2 aromatic heterocycles. The molecule has 1 N–H and O–H groups in total. The second kappa shape index (κ2) is 7.61. The van der Waals surface area contributed by atoms with E-state index in [2.05, 4.69) is 20.2 Å². The van der Waals surface area contributed by atoms with Gasteiger partial charge in [-0.15, -0.1) is 0 Å². The van der Waals surface area contributed by atoms with E-state index in [1.54, 1.807) is 37.2 Å². The predicted molar refractivity (Wildman–Crippen MR) is 98.7 cm³/mol. The van der Waals surface area contributed by atoms with Gasteiger partial charge in [0, 0.05) is 45.6 Å². The van der Waals surface area contributed by atoms with Gasteiger partial charge in [-0.25, -0.2) is 18.4 Å². The van der Waals surface area contributed by atoms with Gasteiger partial charge in [0.15, 0.2) is 0 Å². The Hall–Kier alpha value is -2.53. The van der Waals surface area contributed by atoms with Crippen molar-refractivity contribution in [3.05, 3.63) is 29.8 Å². The molecule has 146 valence electrons. The maximum atomic E-state index is 12.8. The number of carbonyl (C=O) groups excluding carboxylic acids is 1. The summed E-state index contributed by atoms with van der Waals surface area (Å²) in [4.78, 5) is 24.8. The normalized spacial score (nSPS) is 15.4. The third-order valence-corrected chi connectivity index (χ3v) is 6.62. The molecule has 0 atom stereocenters. The second-order valence-electron chi connectivity index (χ2n) is 6.44. The van der Waals surface area contributed by atoms with Gasteiger partial charge in [-0.2, -0.15) is 9.40 Å². The lowest BCUT2D eigenvalue weighted by molar-refractivity contribution is -0.131. The van der Waals surface area contributed by atoms with E-state index < -0.39 is 10.0 Å². The molecular weight excluding hydrogens is 370 g/mol. The van der Waals surface area contributed by atoms with Gasteiger partial charge in [-0.3, -0.25) is 9.89 Å². The molecule has 0 aromatic carbocycles. The highest BCUT2D eigenvalue weighted by Crippen LogP contribution is 2.20. The van der Waals surface area contributed by atoms with Crippen LogP contribution in [0.4, 0.5) is 5.95 Å². The first-order valence-electron chi connectivity index (χ1n) is 8.58. The molecule has 3 heterocycles. The zero-order valence-corrected chi connectivity index (χ0v) is 16.4. The van der Waals surface area contributed by atoms with Crippen molar-refractivity contribution in [1.29, 1.82) is 0 Å². The first-order chi connectivity index (χ1) is 12.8. The van der Waals surface area contributed by atoms with Gasteiger partial charge >= 0.3 is 0 Å². The van der Waals surface area contributed by atoms with Gasteiger partial charge in [0.25, 0.3) is 0 Å². The maximum absolute atomic E-state index is 12.8. The van der Waals surface area contributed by atoms with Crippen LogP contribution in [0.1, 0.15) is 11.4 Å². The molecule has 0 saturated carbocycles. The van der Waals surface area contributed by atoms with E-state index in [0.717, 1.165) is 4.31 Å². The van der Waals surface area contributed by atoms with Gasteiger partial charge in [-0.05, 0) is 19.9 Å². The van der Waals surface area contributed by atoms with Crippen LogP contribution in [0.5, 0.6) is 0 Å². The molecule has 2 aromatic rings. The maximum Gasteiger partial charge on any atom is 0.246 e. The van der Waals surface area contributed by atoms with E-state index >= 15 is 0 Å². The van der Waals surface area contributed by atoms with Crippen molar-refractivity contribution in [3.8, 4) is 0 Å². The first kappa shape index (κ1) is 19.2. The van der Waals surface area contributed by atoms with Crippen molar-refractivity contribution in [2.75, 3.05) is 44.7 Å². The molecule has 3 rings (SSSR count). The Bertz CT molecular complexity index is 886. The number of aromatic nitrogens is 4. The van der Waals surface area contributed by atoms with E-state index in [-0.39, 0.29) is 17.3 Å². The quantitative estimate of drug-likeness (QED) is 0.747. The number of nitrogens with one attached hydrogen (secondary N) is 1. The molecule has 1 fully saturated rings. The molecule has 1 aliphatic rings. The van der Waals surface area contributed by atoms with Crippen molar-refractivity contribution in [1.82, 2.24) is 29.4 Å². The average Bonchev–Trinajstić information content (AvgIpc) is 3.01. The van der Waals surface area contributed by atoms with Crippen LogP contribution in [-0.2, 0) is 14.8 Å². The number of nitrogens with zero attached hydrogens (tertiary/aromatic N) is 6. The molecule has 1 aliphatic heterocycles. The number of carbonyl (C=O) groups is 1. The lowest BCUT2D eigenvalue weighted by atomic mass is 10.3. The second-order valence-corrected chi connectivity index (χ2v) is 8.42. The summed E-state index contributed by atoms with van der Waals surface area (Å²) < 4.78 is 26.6. The van der Waals surface area contributed by atoms with Crippen molar-refractivity contribution in [2.45, 2.75) is 18.7 Å². The van der Waals surface area contributed by atoms with E-state index in [4.69, 9.17) is 0 Å². The monoisotopic (exact) mass is 393 g/mol. The predicted octanol–water partition coefficient (Wildman–Crippen LogP) is -0.214. The number of piperazine rings is 1. The molecule has 0 aliphatic carbocycles. The lowest BCUT2D eigenvalue weighted by Gasteiger charge is -2.35. The van der Waals surface area contributed by atoms with Gasteiger partial charge in [-0.1, -0.05) is 0 Å². The number of likely N-dealkylation sites (N-methyl/N-ethyl adjacent to an activating group) is 1. The Morgan fingerprint density at radius 1 is 1.19 bits per heavy atom. The Morgan fingerprint density at radius 3 is 2.37 bits per heavy atom. The van der Waals surface area contributed by atoms with E-state index in [1.807, 2.05) is 4.90 Å². The number of hydrogen-bond acceptors (Lipinski definition) is 7. The standard InChI is InChI=1S/C16H23N7O3S/c1-12-15(13(2)20-19-12)27(25,26)21(3)11-14(24)22-7-9-23(10-8-22)16-17-5-4-6-18-16/h4-6H,7-11H2,1-3H3,(H,19,20). The highest BCUT2D eigenvalue weighted by Gasteiger charge is 2.30. The van der Waals surface area contributed by atoms with Crippen LogP contribution < -0.4 is 4.90 Å². The fraction of sp³-hybridized carbons (Fsp3) is 0.500. The van der Waals surface area contributed by atoms with E-state index in [0.29, 0.717) is 43.5 Å². The lowest BCUT2D eigenvalue weighted by Crippen LogP contribution is -2.51. The summed E-state index contributed by atoms with van der Waals surface area (Å²) in [6, 6.07) is 1.75. The van der Waals surface area contributed by atoms with Crippen LogP contribution in [0, 0.1) is 13.8 Å². The first-order valence-corrected chi connectivity index (χ1v) is 10.0. The Morgan fingerprint density at radius 2 is 1.81 bits per heavy atom. The number of rotatable bonds is 5. The van der Waals surface area contributed by atoms with Crippen LogP contribution in [0.3, 0.4) is 0 Å². The fourth-order valence-electron chi connectivity index (χ4n) is 3.06. The van der Waals surface area contributed by atoms with Crippen molar-refractivity contribution >= 4 is 21.9 Å². The Kier molecular flexibility index (Phi) is 5.42. The van der Waals surface area contributed by atoms with Crippen molar-refractivity contribution < 1.29 is 13.2 Å². The van der Waals surface area contributed by atoms with Crippen molar-refractivity contribution in [3.63, 3.8) is 0 Å². The molecule has 0 bridgehead atoms. The summed E-state index contributed by atoms with van der Waals surface area (Å²) in [5, 5.41) is 6.59. The Balaban J connectivity index is 1.61. The smallest absolute Gasteiger partial charge is 0.246 e. The van der Waals surface area contributed by atoms with Crippen LogP contribution in [-0.4, -0.2) is 83.5 Å². The zero-order chi connectivity index (χ0) is 19.6. The summed E-state index contributed by atoms with van der Waals surface area (Å²) in [6.07, 6.45) is 3.36. The summed E-state index contributed by atoms with van der Waals surface area (Å²) in [5.41, 5.74) is 0.853. The molecule has 10 nitrogen and oxygen atoms in total. The number of H-pyrrole nitrogens is 1. The number of amides is 1. The summed E-state index contributed by atoms with van der Waals surface area (Å²) >= 11 is 0. The SMILES string of the molecule is Cc1n[nH]c(C)c1S(=O)(=O)N(C)CC(=O)N1CCN(c2ncccn2)CC1. The molecule has 1 amide bonds. The van der Waals surface area contributed by atoms with Gasteiger partial charge < -0.3 is 9.80 Å². The van der Waals surface area contributed by atoms with Crippen LogP contribution in [0.25, 0.3) is 0 Å². The topological polar surface area (TPSA) is 115 Å². The minimum atomic E-state index is -3.78. The molecule has 0 unspecified atom stereocenters. The number of aromatic amines is 1. The number of hydrogen-bond donors (Lipinski definition) is 1. The van der Waals surface area contributed by atoms with Crippen LogP contribution >= 0.6 is 0 Å². The molecule has 1 saturated heterocycles. The summed E-state index contributed by atoms with van der Waals surface area (Å²) in [6.45, 7) is 5.25. The van der Waals surface area contributed by atoms with Gasteiger partial charge in [0.2, 0.25) is 21.9 Å². The summed E-state index contributed by atoms with van der Waals surface area (Å²) in [5.74, 6) is 0.406. The average molecular weight is 393 g/mol. The summed E-state index contributed by atoms with van der Waals surface area (Å²) in [7, 11) is -2.37. The molecule has 11 heteroatoms. The molecule has 0 spiro atoms. The third kappa shape index (κ3) is 3.93. The van der Waals surface area contributed by atoms with Crippen molar-refractivity contribution in [2.24, 2.45) is 0 Å². The highest BCUT2D eigenvalue weighted by atomic mass is 32.2. The van der Waals surface area contributed by atoms with Crippen LogP contribution in [0.2, 0.25) is 0 Å². The largest absolute Gasteiger partial charge is 0.338 e. The van der Waals surface area contributed by atoms with Gasteiger partial charge in [0.1, 0.15) is 4.90 Å². The molecular formula is C16H23N7O3S. The number of aryl methyl sites for hydroxylation is 2. The minimum Gasteiger partial charge on any atom is -0.338 e. The van der Waals surface area contributed by atoms with E-state index in [9.17, 15) is 13.2 Å². The third-order valence-electron chi connectivity index (χ3n) is 4.55. The molecule has 27 heavy (non-hydrogen) atoms. The highest BCUT2D eigenvalue weighted by molar-refractivity contribution is 7.89. The van der Waals surface area contributed by atoms with Crippen LogP contribution in [0.15, 0.2) is 23.4 Å². The number of sulfonamides is 1. The number of anilines is 1. The Labute approximate surface area is 158 Å². The minimum absolute atomic E-state index is 0.129. The fourth-order valence-corrected chi connectivity index (χ4v) is 4.51. The molecule has 0 radical (unpaired) electrons. The van der Waals surface area contributed by atoms with E-state index in [1.165, 1.54) is 7.05 Å².